The number of benzene rings is 2. The fraction of sp³-hybridized carbons (Fsp3) is 0.396. The topological polar surface area (TPSA) is 167 Å². The number of alkyl halides is 6. The summed E-state index contributed by atoms with van der Waals surface area (Å²) in [7, 11) is 0. The molecule has 0 radical (unpaired) electrons. The van der Waals surface area contributed by atoms with Gasteiger partial charge < -0.3 is 24.9 Å². The molecule has 4 fully saturated rings. The first kappa shape index (κ1) is 50.3. The van der Waals surface area contributed by atoms with Crippen LogP contribution in [0.5, 0.6) is 0 Å². The minimum absolute atomic E-state index is 0.0953. The van der Waals surface area contributed by atoms with Crippen molar-refractivity contribution in [2.24, 2.45) is 0 Å². The summed E-state index contributed by atoms with van der Waals surface area (Å²) in [6.07, 6.45) is 0.792. The fourth-order valence-corrected chi connectivity index (χ4v) is 10.9. The van der Waals surface area contributed by atoms with Gasteiger partial charge in [-0.2, -0.15) is 36.3 Å². The van der Waals surface area contributed by atoms with Gasteiger partial charge in [0.05, 0.1) is 33.9 Å². The third-order valence-electron chi connectivity index (χ3n) is 14.8. The zero-order valence-corrected chi connectivity index (χ0v) is 41.4. The van der Waals surface area contributed by atoms with Gasteiger partial charge in [0.25, 0.3) is 0 Å². The number of aromatic nitrogens is 6. The van der Waals surface area contributed by atoms with Crippen LogP contribution >= 0.6 is 0 Å². The van der Waals surface area contributed by atoms with Gasteiger partial charge in [-0.15, -0.1) is 0 Å². The van der Waals surface area contributed by atoms with Crippen molar-refractivity contribution in [3.05, 3.63) is 108 Å². The SMILES string of the molecule is O=C(Nc1nccc(N2CCCCC2)n1)N1c2nc(-c3cccc(C(F)(F)F)c3)ccc2N2CCC1CC2.O=C(Nc1nccc(N2CCNCC2)n1)N1c2nc(-c3cccc(C(F)(F)F)c3)ccc2N2CCC1CC2. The molecule has 12 heterocycles. The summed E-state index contributed by atoms with van der Waals surface area (Å²) < 4.78 is 80.0. The van der Waals surface area contributed by atoms with Crippen molar-refractivity contribution in [2.75, 3.05) is 105 Å². The molecule has 0 atom stereocenters. The number of urea groups is 2. The number of hydrogen-bond acceptors (Lipinski definition) is 13. The van der Waals surface area contributed by atoms with Crippen molar-refractivity contribution in [1.82, 2.24) is 35.2 Å². The molecular formula is C53H55F6N15O2. The quantitative estimate of drug-likeness (QED) is 0.135. The molecule has 17 nitrogen and oxygen atoms in total. The van der Waals surface area contributed by atoms with Gasteiger partial charge in [0.1, 0.15) is 11.6 Å². The standard InChI is InChI=1S/C27H28F3N7O.C26H27F3N8O/c28-27(29,30)19-6-4-5-18(17-19)21-7-8-22-24(32-21)37(20-10-15-35(22)16-11-20)26(38)34-25-31-12-9-23(33-25)36-13-2-1-3-14-36;27-26(28,29)18-3-1-2-17(16-18)20-4-5-21-23(32-20)37(19-7-12-35(21)13-8-19)25(38)34-24-31-9-6-22(33-24)36-14-10-30-11-15-36/h4-9,12,17,20H,1-3,10-11,13-16H2,(H,31,33,34,38);1-6,9,16,19,30H,7-8,10-15H2,(H,31,33,34,38). The molecule has 0 aliphatic carbocycles. The molecule has 8 aliphatic rings. The molecule has 4 saturated heterocycles. The summed E-state index contributed by atoms with van der Waals surface area (Å²) in [6, 6.07) is 19.9. The predicted octanol–water partition coefficient (Wildman–Crippen LogP) is 9.56. The number of rotatable bonds is 6. The summed E-state index contributed by atoms with van der Waals surface area (Å²) in [5, 5.41) is 9.01. The van der Waals surface area contributed by atoms with Crippen LogP contribution in [-0.4, -0.2) is 119 Å². The zero-order chi connectivity index (χ0) is 52.6. The van der Waals surface area contributed by atoms with Crippen LogP contribution in [-0.2, 0) is 12.4 Å². The Balaban J connectivity index is 0.000000162. The lowest BCUT2D eigenvalue weighted by atomic mass is 10.1. The predicted molar refractivity (Wildman–Crippen MR) is 278 cm³/mol. The lowest BCUT2D eigenvalue weighted by Crippen LogP contribution is -2.46. The van der Waals surface area contributed by atoms with Crippen LogP contribution in [0.3, 0.4) is 0 Å². The molecule has 14 rings (SSSR count). The van der Waals surface area contributed by atoms with E-state index in [2.05, 4.69) is 55.5 Å². The third-order valence-corrected chi connectivity index (χ3v) is 14.8. The lowest BCUT2D eigenvalue weighted by Gasteiger charge is -2.31. The summed E-state index contributed by atoms with van der Waals surface area (Å²) >= 11 is 0. The summed E-state index contributed by atoms with van der Waals surface area (Å²) in [6.45, 7) is 8.24. The number of amides is 4. The van der Waals surface area contributed by atoms with E-state index in [0.29, 0.717) is 34.2 Å². The van der Waals surface area contributed by atoms with Gasteiger partial charge in [-0.25, -0.2) is 29.5 Å². The number of piperidine rings is 3. The number of pyridine rings is 2. The van der Waals surface area contributed by atoms with Crippen LogP contribution in [0.1, 0.15) is 56.1 Å². The number of fused-ring (bicyclic) bond motifs is 4. The Hall–Kier alpha value is -7.82. The van der Waals surface area contributed by atoms with Crippen molar-refractivity contribution in [3.8, 4) is 22.5 Å². The van der Waals surface area contributed by atoms with E-state index in [0.717, 1.165) is 151 Å². The third kappa shape index (κ3) is 10.7. The number of hydrogen-bond donors (Lipinski definition) is 3. The Labute approximate surface area is 434 Å². The first-order valence-corrected chi connectivity index (χ1v) is 25.7. The van der Waals surface area contributed by atoms with Gasteiger partial charge in [-0.05, 0) is 106 Å². The number of halogens is 6. The monoisotopic (exact) mass is 1050 g/mol. The van der Waals surface area contributed by atoms with Crippen molar-refractivity contribution < 1.29 is 35.9 Å². The van der Waals surface area contributed by atoms with E-state index in [-0.39, 0.29) is 24.0 Å². The molecule has 76 heavy (non-hydrogen) atoms. The van der Waals surface area contributed by atoms with Crippen LogP contribution in [0.4, 0.5) is 82.5 Å². The molecule has 0 unspecified atom stereocenters. The largest absolute Gasteiger partial charge is 0.416 e. The van der Waals surface area contributed by atoms with Crippen LogP contribution in [0.2, 0.25) is 0 Å². The lowest BCUT2D eigenvalue weighted by molar-refractivity contribution is -0.138. The first-order chi connectivity index (χ1) is 36.7. The zero-order valence-electron chi connectivity index (χ0n) is 41.4. The van der Waals surface area contributed by atoms with Gasteiger partial charge in [-0.1, -0.05) is 24.3 Å². The fourth-order valence-electron chi connectivity index (χ4n) is 10.9. The Morgan fingerprint density at radius 3 is 1.37 bits per heavy atom. The molecule has 396 valence electrons. The Morgan fingerprint density at radius 1 is 0.500 bits per heavy atom. The molecule has 6 aromatic rings. The Morgan fingerprint density at radius 2 is 0.934 bits per heavy atom. The van der Waals surface area contributed by atoms with Gasteiger partial charge in [0.15, 0.2) is 11.6 Å². The van der Waals surface area contributed by atoms with Crippen molar-refractivity contribution >= 4 is 58.6 Å². The van der Waals surface area contributed by atoms with E-state index in [1.165, 1.54) is 18.6 Å². The number of piperazine rings is 1. The molecule has 2 aromatic carbocycles. The van der Waals surface area contributed by atoms with Gasteiger partial charge >= 0.3 is 24.4 Å². The Bertz CT molecular complexity index is 2870. The molecular weight excluding hydrogens is 993 g/mol. The second-order valence-electron chi connectivity index (χ2n) is 19.5. The molecule has 8 aliphatic heterocycles. The Kier molecular flexibility index (Phi) is 14.0. The minimum atomic E-state index is -4.46. The number of carbonyl (C=O) groups excluding carboxylic acids is 2. The van der Waals surface area contributed by atoms with Crippen LogP contribution in [0.15, 0.2) is 97.3 Å². The highest BCUT2D eigenvalue weighted by molar-refractivity contribution is 6.04. The van der Waals surface area contributed by atoms with E-state index >= 15 is 0 Å². The number of carbonyl (C=O) groups is 2. The number of nitrogens with zero attached hydrogens (tertiary/aromatic N) is 12. The number of anilines is 8. The molecule has 3 N–H and O–H groups in total. The maximum absolute atomic E-state index is 13.7. The highest BCUT2D eigenvalue weighted by atomic mass is 19.4. The molecule has 4 amide bonds. The summed E-state index contributed by atoms with van der Waals surface area (Å²) in [5.41, 5.74) is 1.51. The summed E-state index contributed by atoms with van der Waals surface area (Å²) in [5.74, 6) is 2.79. The maximum atomic E-state index is 13.7. The van der Waals surface area contributed by atoms with Crippen molar-refractivity contribution in [1.29, 1.82) is 0 Å². The van der Waals surface area contributed by atoms with Crippen molar-refractivity contribution in [2.45, 2.75) is 69.4 Å². The highest BCUT2D eigenvalue weighted by Gasteiger charge is 2.40. The van der Waals surface area contributed by atoms with Gasteiger partial charge in [0.2, 0.25) is 11.9 Å². The normalized spacial score (nSPS) is 17.8. The molecule has 0 spiro atoms. The summed E-state index contributed by atoms with van der Waals surface area (Å²) in [4.78, 5) is 66.5. The second kappa shape index (κ2) is 21.1. The molecule has 0 saturated carbocycles. The molecule has 4 bridgehead atoms. The smallest absolute Gasteiger partial charge is 0.368 e. The van der Waals surface area contributed by atoms with Crippen molar-refractivity contribution in [3.63, 3.8) is 0 Å². The van der Waals surface area contributed by atoms with Gasteiger partial charge in [0, 0.05) is 101 Å². The average molecular weight is 1050 g/mol. The number of nitrogens with one attached hydrogen (secondary N) is 3. The maximum Gasteiger partial charge on any atom is 0.416 e. The van der Waals surface area contributed by atoms with Crippen LogP contribution in [0, 0.1) is 0 Å². The van der Waals surface area contributed by atoms with Crippen LogP contribution in [0.25, 0.3) is 22.5 Å². The second-order valence-corrected chi connectivity index (χ2v) is 19.5. The average Bonchev–Trinajstić information content (AvgIpc) is 3.86. The van der Waals surface area contributed by atoms with E-state index in [4.69, 9.17) is 9.97 Å². The molecule has 23 heteroatoms. The highest BCUT2D eigenvalue weighted by Crippen LogP contribution is 2.42. The van der Waals surface area contributed by atoms with Gasteiger partial charge in [-0.3, -0.25) is 20.4 Å². The van der Waals surface area contributed by atoms with E-state index in [1.54, 1.807) is 46.5 Å². The van der Waals surface area contributed by atoms with E-state index in [1.807, 2.05) is 24.3 Å². The van der Waals surface area contributed by atoms with E-state index < -0.39 is 35.5 Å². The van der Waals surface area contributed by atoms with Crippen LogP contribution < -0.4 is 45.3 Å². The first-order valence-electron chi connectivity index (χ1n) is 25.7. The van der Waals surface area contributed by atoms with E-state index in [9.17, 15) is 35.9 Å². The minimum Gasteiger partial charge on any atom is -0.368 e. The molecule has 4 aromatic heterocycles.